The van der Waals surface area contributed by atoms with Crippen molar-refractivity contribution in [3.8, 4) is 0 Å². The molecule has 2 bridgehead atoms. The van der Waals surface area contributed by atoms with Crippen LogP contribution in [-0.2, 0) is 11.3 Å². The molecule has 7 heteroatoms. The van der Waals surface area contributed by atoms with Gasteiger partial charge in [0.25, 0.3) is 5.92 Å². The van der Waals surface area contributed by atoms with E-state index in [-0.39, 0.29) is 25.3 Å². The van der Waals surface area contributed by atoms with Crippen molar-refractivity contribution in [2.45, 2.75) is 31.4 Å². The lowest BCUT2D eigenvalue weighted by Gasteiger charge is -2.36. The minimum absolute atomic E-state index is 0.0878. The summed E-state index contributed by atoms with van der Waals surface area (Å²) in [6, 6.07) is 10.4. The Hall–Kier alpha value is -2.54. The Balaban J connectivity index is 1.50. The highest BCUT2D eigenvalue weighted by molar-refractivity contribution is 5.99. The molecule has 0 radical (unpaired) electrons. The highest BCUT2D eigenvalue weighted by Gasteiger charge is 2.57. The van der Waals surface area contributed by atoms with Crippen molar-refractivity contribution in [3.63, 3.8) is 0 Å². The molecule has 3 unspecified atom stereocenters. The summed E-state index contributed by atoms with van der Waals surface area (Å²) in [4.78, 5) is 19.5. The third kappa shape index (κ3) is 2.60. The second-order valence-electron chi connectivity index (χ2n) is 7.58. The predicted octanol–water partition coefficient (Wildman–Crippen LogP) is 3.31. The average molecular weight is 370 g/mol. The zero-order chi connectivity index (χ0) is 18.6. The fraction of sp³-hybridized carbons (Fsp3) is 0.400. The Labute approximate surface area is 155 Å². The number of anilines is 3. The first-order valence-corrected chi connectivity index (χ1v) is 9.26. The van der Waals surface area contributed by atoms with Crippen LogP contribution < -0.4 is 15.5 Å². The van der Waals surface area contributed by atoms with Gasteiger partial charge in [0.1, 0.15) is 5.82 Å². The molecule has 2 aromatic rings. The fourth-order valence-corrected chi connectivity index (χ4v) is 4.54. The number of fused-ring (bicyclic) bond motifs is 4. The number of para-hydroxylation sites is 2. The second kappa shape index (κ2) is 5.99. The maximum atomic E-state index is 14.2. The van der Waals surface area contributed by atoms with Gasteiger partial charge in [-0.1, -0.05) is 18.2 Å². The molecule has 1 aromatic heterocycles. The van der Waals surface area contributed by atoms with Crippen molar-refractivity contribution < 1.29 is 13.6 Å². The highest BCUT2D eigenvalue weighted by atomic mass is 19.3. The average Bonchev–Trinajstić information content (AvgIpc) is 2.88. The van der Waals surface area contributed by atoms with Gasteiger partial charge in [0.15, 0.2) is 0 Å². The van der Waals surface area contributed by atoms with E-state index in [9.17, 15) is 13.6 Å². The van der Waals surface area contributed by atoms with Gasteiger partial charge in [0, 0.05) is 30.1 Å². The molecule has 0 spiro atoms. The predicted molar refractivity (Wildman–Crippen MR) is 98.1 cm³/mol. The Kier molecular flexibility index (Phi) is 3.69. The monoisotopic (exact) mass is 370 g/mol. The van der Waals surface area contributed by atoms with E-state index in [4.69, 9.17) is 0 Å². The molecule has 2 fully saturated rings. The number of nitrogens with zero attached hydrogens (tertiary/aromatic N) is 2. The molecule has 1 aromatic carbocycles. The third-order valence-electron chi connectivity index (χ3n) is 5.99. The Morgan fingerprint density at radius 2 is 2.04 bits per heavy atom. The normalized spacial score (nSPS) is 27.9. The van der Waals surface area contributed by atoms with Crippen LogP contribution in [0, 0.1) is 11.8 Å². The molecule has 27 heavy (non-hydrogen) atoms. The molecule has 2 N–H and O–H groups in total. The molecule has 1 aliphatic carbocycles. The third-order valence-corrected chi connectivity index (χ3v) is 5.99. The topological polar surface area (TPSA) is 57.3 Å². The largest absolute Gasteiger partial charge is 0.338 e. The number of carbonyl (C=O) groups is 1. The lowest BCUT2D eigenvalue weighted by atomic mass is 9.78. The summed E-state index contributed by atoms with van der Waals surface area (Å²) in [5, 5.41) is 6.20. The van der Waals surface area contributed by atoms with E-state index in [0.717, 1.165) is 22.8 Å². The van der Waals surface area contributed by atoms with Gasteiger partial charge < -0.3 is 15.5 Å². The lowest BCUT2D eigenvalue weighted by Crippen LogP contribution is -2.48. The molecule has 1 amide bonds. The van der Waals surface area contributed by atoms with Crippen molar-refractivity contribution in [2.75, 3.05) is 16.8 Å². The molecule has 2 aliphatic heterocycles. The first kappa shape index (κ1) is 16.6. The Morgan fingerprint density at radius 3 is 2.89 bits per heavy atom. The van der Waals surface area contributed by atoms with E-state index >= 15 is 0 Å². The van der Waals surface area contributed by atoms with Crippen molar-refractivity contribution >= 4 is 23.1 Å². The second-order valence-corrected chi connectivity index (χ2v) is 7.58. The summed E-state index contributed by atoms with van der Waals surface area (Å²) in [5.41, 5.74) is 2.47. The van der Waals surface area contributed by atoms with Gasteiger partial charge in [-0.05, 0) is 31.0 Å². The van der Waals surface area contributed by atoms with E-state index in [1.165, 1.54) is 0 Å². The van der Waals surface area contributed by atoms with Gasteiger partial charge >= 0.3 is 0 Å². The molecular formula is C20H20F2N4O. The van der Waals surface area contributed by atoms with Gasteiger partial charge in [-0.3, -0.25) is 4.79 Å². The SMILES string of the molecule is O=C(C1CC2CNC(C1)C2(F)F)N1Cc2cccnc2Nc2ccccc21. The van der Waals surface area contributed by atoms with Gasteiger partial charge in [0.2, 0.25) is 5.91 Å². The maximum absolute atomic E-state index is 14.2. The summed E-state index contributed by atoms with van der Waals surface area (Å²) < 4.78 is 28.5. The molecular weight excluding hydrogens is 350 g/mol. The first-order chi connectivity index (χ1) is 13.0. The van der Waals surface area contributed by atoms with Crippen LogP contribution in [0.3, 0.4) is 0 Å². The van der Waals surface area contributed by atoms with Gasteiger partial charge in [-0.25, -0.2) is 13.8 Å². The van der Waals surface area contributed by atoms with Crippen molar-refractivity contribution in [1.82, 2.24) is 10.3 Å². The van der Waals surface area contributed by atoms with Crippen molar-refractivity contribution in [1.29, 1.82) is 0 Å². The number of alkyl halides is 2. The number of hydrogen-bond acceptors (Lipinski definition) is 4. The molecule has 1 saturated heterocycles. The number of aromatic nitrogens is 1. The van der Waals surface area contributed by atoms with Crippen molar-refractivity contribution in [2.24, 2.45) is 11.8 Å². The number of nitrogens with one attached hydrogen (secondary N) is 2. The molecule has 3 heterocycles. The minimum Gasteiger partial charge on any atom is -0.338 e. The zero-order valence-electron chi connectivity index (χ0n) is 14.7. The molecule has 5 nitrogen and oxygen atoms in total. The Bertz CT molecular complexity index is 887. The van der Waals surface area contributed by atoms with Crippen LogP contribution in [0.1, 0.15) is 18.4 Å². The number of amides is 1. The summed E-state index contributed by atoms with van der Waals surface area (Å²) in [7, 11) is 0. The quantitative estimate of drug-likeness (QED) is 0.809. The van der Waals surface area contributed by atoms with E-state index in [2.05, 4.69) is 15.6 Å². The lowest BCUT2D eigenvalue weighted by molar-refractivity contribution is -0.130. The maximum Gasteiger partial charge on any atom is 0.267 e. The van der Waals surface area contributed by atoms with E-state index in [1.807, 2.05) is 36.4 Å². The van der Waals surface area contributed by atoms with Gasteiger partial charge in [-0.15, -0.1) is 0 Å². The summed E-state index contributed by atoms with van der Waals surface area (Å²) in [6.07, 6.45) is 2.11. The zero-order valence-corrected chi connectivity index (χ0v) is 14.7. The molecule has 5 rings (SSSR count). The minimum atomic E-state index is -2.72. The highest BCUT2D eigenvalue weighted by Crippen LogP contribution is 2.46. The number of carbonyl (C=O) groups excluding carboxylic acids is 1. The summed E-state index contributed by atoms with van der Waals surface area (Å²) >= 11 is 0. The number of hydrogen-bond donors (Lipinski definition) is 2. The number of benzene rings is 1. The molecule has 3 aliphatic rings. The van der Waals surface area contributed by atoms with E-state index < -0.39 is 23.8 Å². The van der Waals surface area contributed by atoms with E-state index in [0.29, 0.717) is 6.54 Å². The van der Waals surface area contributed by atoms with Crippen LogP contribution >= 0.6 is 0 Å². The molecule has 140 valence electrons. The van der Waals surface area contributed by atoms with Crippen LogP contribution in [0.4, 0.5) is 26.0 Å². The van der Waals surface area contributed by atoms with E-state index in [1.54, 1.807) is 11.1 Å². The number of rotatable bonds is 1. The molecule has 3 atom stereocenters. The van der Waals surface area contributed by atoms with Crippen LogP contribution in [0.25, 0.3) is 0 Å². The van der Waals surface area contributed by atoms with Crippen LogP contribution in [0.15, 0.2) is 42.6 Å². The van der Waals surface area contributed by atoms with Crippen molar-refractivity contribution in [3.05, 3.63) is 48.2 Å². The number of pyridine rings is 1. The summed E-state index contributed by atoms with van der Waals surface area (Å²) in [6.45, 7) is 0.661. The smallest absolute Gasteiger partial charge is 0.267 e. The standard InChI is InChI=1S/C20H20F2N4O/c21-20(22)14-8-13(9-17(20)24-10-14)19(27)26-11-12-4-3-7-23-18(12)25-15-5-1-2-6-16(15)26/h1-7,13-14,17,24H,8-11H2,(H,23,25). The van der Waals surface area contributed by atoms with Crippen LogP contribution in [-0.4, -0.2) is 29.4 Å². The Morgan fingerprint density at radius 1 is 1.19 bits per heavy atom. The number of halogens is 2. The fourth-order valence-electron chi connectivity index (χ4n) is 4.54. The van der Waals surface area contributed by atoms with Gasteiger partial charge in [0.05, 0.1) is 24.0 Å². The van der Waals surface area contributed by atoms with Crippen LogP contribution in [0.5, 0.6) is 0 Å². The van der Waals surface area contributed by atoms with Crippen LogP contribution in [0.2, 0.25) is 0 Å². The molecule has 1 saturated carbocycles. The van der Waals surface area contributed by atoms with Gasteiger partial charge in [-0.2, -0.15) is 0 Å². The first-order valence-electron chi connectivity index (χ1n) is 9.26. The summed E-state index contributed by atoms with van der Waals surface area (Å²) in [5.74, 6) is -3.25.